The number of alkyl halides is 1. The van der Waals surface area contributed by atoms with Crippen molar-refractivity contribution in [2.24, 2.45) is 0 Å². The molecule has 1 aliphatic heterocycles. The van der Waals surface area contributed by atoms with E-state index in [9.17, 15) is 24.5 Å². The highest BCUT2D eigenvalue weighted by Gasteiger charge is 2.55. The summed E-state index contributed by atoms with van der Waals surface area (Å²) in [6, 6.07) is 0. The molecule has 21 heavy (non-hydrogen) atoms. The van der Waals surface area contributed by atoms with Crippen molar-refractivity contribution < 1.29 is 24.4 Å². The average molecular weight is 303 g/mol. The Balaban J connectivity index is 2.46. The van der Waals surface area contributed by atoms with Crippen LogP contribution in [-0.2, 0) is 11.2 Å². The maximum Gasteiger partial charge on any atom is 0.351 e. The van der Waals surface area contributed by atoms with Gasteiger partial charge < -0.3 is 25.8 Å². The minimum absolute atomic E-state index is 0.0608. The Labute approximate surface area is 119 Å². The molecular formula is C12H18FN3O5. The number of nitrogen functional groups attached to an aromatic ring is 1. The van der Waals surface area contributed by atoms with Gasteiger partial charge in [-0.3, -0.25) is 4.57 Å². The van der Waals surface area contributed by atoms with Crippen molar-refractivity contribution >= 4 is 5.82 Å². The van der Waals surface area contributed by atoms with Crippen LogP contribution in [0.1, 0.15) is 18.7 Å². The van der Waals surface area contributed by atoms with E-state index in [0.29, 0.717) is 12.0 Å². The molecule has 1 aromatic rings. The third-order valence-electron chi connectivity index (χ3n) is 3.72. The van der Waals surface area contributed by atoms with Crippen molar-refractivity contribution in [3.8, 4) is 0 Å². The number of aromatic nitrogens is 2. The lowest BCUT2D eigenvalue weighted by Gasteiger charge is -2.26. The molecule has 9 heteroatoms. The molecule has 2 rings (SSSR count). The number of nitrogens with zero attached hydrogens (tertiary/aromatic N) is 2. The first-order valence-corrected chi connectivity index (χ1v) is 6.48. The third-order valence-corrected chi connectivity index (χ3v) is 3.72. The van der Waals surface area contributed by atoms with Gasteiger partial charge in [0, 0.05) is 11.8 Å². The molecular weight excluding hydrogens is 285 g/mol. The summed E-state index contributed by atoms with van der Waals surface area (Å²) in [5, 5.41) is 29.1. The molecule has 0 amide bonds. The van der Waals surface area contributed by atoms with Crippen LogP contribution >= 0.6 is 0 Å². The topological polar surface area (TPSA) is 131 Å². The van der Waals surface area contributed by atoms with E-state index in [-0.39, 0.29) is 5.82 Å². The normalized spacial score (nSPS) is 32.5. The Morgan fingerprint density at radius 1 is 1.57 bits per heavy atom. The number of aliphatic hydroxyl groups is 3. The van der Waals surface area contributed by atoms with Gasteiger partial charge in [-0.15, -0.1) is 0 Å². The minimum atomic E-state index is -1.96. The molecule has 1 fully saturated rings. The van der Waals surface area contributed by atoms with Crippen molar-refractivity contribution in [3.63, 3.8) is 0 Å². The highest BCUT2D eigenvalue weighted by Crippen LogP contribution is 2.36. The fourth-order valence-corrected chi connectivity index (χ4v) is 2.33. The van der Waals surface area contributed by atoms with E-state index in [4.69, 9.17) is 10.5 Å². The number of hydrogen-bond donors (Lipinski definition) is 4. The van der Waals surface area contributed by atoms with Crippen LogP contribution in [0.2, 0.25) is 0 Å². The monoisotopic (exact) mass is 303 g/mol. The molecule has 0 aromatic carbocycles. The van der Waals surface area contributed by atoms with Crippen molar-refractivity contribution in [2.45, 2.75) is 37.4 Å². The Morgan fingerprint density at radius 3 is 2.71 bits per heavy atom. The Morgan fingerprint density at radius 2 is 2.24 bits per heavy atom. The molecule has 1 aromatic heterocycles. The molecule has 4 atom stereocenters. The van der Waals surface area contributed by atoms with Crippen LogP contribution in [0.5, 0.6) is 0 Å². The Hall–Kier alpha value is -1.55. The van der Waals surface area contributed by atoms with Crippen molar-refractivity contribution in [1.29, 1.82) is 0 Å². The summed E-state index contributed by atoms with van der Waals surface area (Å²) >= 11 is 0. The molecule has 5 N–H and O–H groups in total. The first-order chi connectivity index (χ1) is 9.90. The van der Waals surface area contributed by atoms with E-state index in [1.165, 1.54) is 6.20 Å². The van der Waals surface area contributed by atoms with Gasteiger partial charge in [-0.05, 0) is 6.42 Å². The molecule has 0 bridgehead atoms. The van der Waals surface area contributed by atoms with Gasteiger partial charge in [-0.25, -0.2) is 9.18 Å². The number of ether oxygens (including phenoxy) is 1. The Kier molecular flexibility index (Phi) is 4.28. The number of hydrogen-bond acceptors (Lipinski definition) is 7. The second-order valence-corrected chi connectivity index (χ2v) is 5.00. The quantitative estimate of drug-likeness (QED) is 0.523. The molecule has 1 aliphatic rings. The van der Waals surface area contributed by atoms with E-state index in [2.05, 4.69) is 4.98 Å². The van der Waals surface area contributed by atoms with E-state index < -0.39 is 43.0 Å². The van der Waals surface area contributed by atoms with Crippen LogP contribution in [0.25, 0.3) is 0 Å². The minimum Gasteiger partial charge on any atom is -0.393 e. The summed E-state index contributed by atoms with van der Waals surface area (Å²) in [6.07, 6.45) is -2.78. The van der Waals surface area contributed by atoms with Crippen LogP contribution in [0.4, 0.5) is 10.2 Å². The molecule has 0 spiro atoms. The molecule has 118 valence electrons. The standard InChI is InChI=1S/C12H18FN3O5/c1-2-6-3-16(11(20)15-9(6)14)10-7(18)8(19)12(4-13,5-17)21-10/h3,7-8,10,17-19H,2,4-5H2,1H3,(H2,14,15,20)/t7-,8+,10-,12-/m1/s1. The fourth-order valence-electron chi connectivity index (χ4n) is 2.33. The molecule has 8 nitrogen and oxygen atoms in total. The molecule has 0 unspecified atom stereocenters. The zero-order valence-electron chi connectivity index (χ0n) is 11.4. The van der Waals surface area contributed by atoms with Gasteiger partial charge in [-0.1, -0.05) is 6.92 Å². The number of aliphatic hydroxyl groups excluding tert-OH is 3. The summed E-state index contributed by atoms with van der Waals surface area (Å²) in [5.41, 5.74) is 3.37. The Bertz CT molecular complexity index is 575. The van der Waals surface area contributed by atoms with Crippen LogP contribution in [0, 0.1) is 0 Å². The maximum atomic E-state index is 13.1. The largest absolute Gasteiger partial charge is 0.393 e. The first kappa shape index (κ1) is 15.8. The van der Waals surface area contributed by atoms with Gasteiger partial charge in [0.1, 0.15) is 24.7 Å². The van der Waals surface area contributed by atoms with Gasteiger partial charge in [0.15, 0.2) is 11.8 Å². The second kappa shape index (κ2) is 5.68. The predicted octanol–water partition coefficient (Wildman–Crippen LogP) is -1.66. The summed E-state index contributed by atoms with van der Waals surface area (Å²) in [6.45, 7) is -0.255. The smallest absolute Gasteiger partial charge is 0.351 e. The van der Waals surface area contributed by atoms with Gasteiger partial charge in [0.2, 0.25) is 0 Å². The number of rotatable bonds is 4. The SMILES string of the molecule is CCc1cn([C@@H]2O[C@@](CO)(CF)[C@@H](O)[C@H]2O)c(=O)nc1N. The lowest BCUT2D eigenvalue weighted by atomic mass is 9.98. The molecule has 0 radical (unpaired) electrons. The summed E-state index contributed by atoms with van der Waals surface area (Å²) < 4.78 is 19.3. The predicted molar refractivity (Wildman–Crippen MR) is 70.2 cm³/mol. The van der Waals surface area contributed by atoms with Crippen LogP contribution in [0.15, 0.2) is 11.0 Å². The molecule has 0 saturated carbocycles. The van der Waals surface area contributed by atoms with Gasteiger partial charge in [0.25, 0.3) is 0 Å². The lowest BCUT2D eigenvalue weighted by molar-refractivity contribution is -0.138. The van der Waals surface area contributed by atoms with Gasteiger partial charge >= 0.3 is 5.69 Å². The van der Waals surface area contributed by atoms with Gasteiger partial charge in [0.05, 0.1) is 6.61 Å². The van der Waals surface area contributed by atoms with Crippen LogP contribution < -0.4 is 11.4 Å². The summed E-state index contributed by atoms with van der Waals surface area (Å²) in [5.74, 6) is 0.0608. The van der Waals surface area contributed by atoms with Crippen molar-refractivity contribution in [3.05, 3.63) is 22.2 Å². The van der Waals surface area contributed by atoms with Crippen molar-refractivity contribution in [2.75, 3.05) is 19.0 Å². The summed E-state index contributed by atoms with van der Waals surface area (Å²) in [7, 11) is 0. The second-order valence-electron chi connectivity index (χ2n) is 5.00. The third kappa shape index (κ3) is 2.42. The van der Waals surface area contributed by atoms with E-state index in [1.54, 1.807) is 6.92 Å². The number of halogens is 1. The fraction of sp³-hybridized carbons (Fsp3) is 0.667. The molecule has 2 heterocycles. The van der Waals surface area contributed by atoms with E-state index >= 15 is 0 Å². The molecule has 0 aliphatic carbocycles. The highest BCUT2D eigenvalue weighted by molar-refractivity contribution is 5.36. The van der Waals surface area contributed by atoms with Crippen molar-refractivity contribution in [1.82, 2.24) is 9.55 Å². The maximum absolute atomic E-state index is 13.1. The first-order valence-electron chi connectivity index (χ1n) is 6.48. The zero-order chi connectivity index (χ0) is 15.8. The highest BCUT2D eigenvalue weighted by atomic mass is 19.1. The number of anilines is 1. The lowest BCUT2D eigenvalue weighted by Crippen LogP contribution is -2.48. The zero-order valence-corrected chi connectivity index (χ0v) is 11.4. The number of aryl methyl sites for hydroxylation is 1. The van der Waals surface area contributed by atoms with Gasteiger partial charge in [-0.2, -0.15) is 4.98 Å². The van der Waals surface area contributed by atoms with Crippen LogP contribution in [-0.4, -0.2) is 56.0 Å². The summed E-state index contributed by atoms with van der Waals surface area (Å²) in [4.78, 5) is 15.5. The van der Waals surface area contributed by atoms with E-state index in [0.717, 1.165) is 4.57 Å². The average Bonchev–Trinajstić information content (AvgIpc) is 2.73. The van der Waals surface area contributed by atoms with Crippen LogP contribution in [0.3, 0.4) is 0 Å². The van der Waals surface area contributed by atoms with E-state index in [1.807, 2.05) is 0 Å². The number of nitrogens with two attached hydrogens (primary N) is 1. The molecule has 1 saturated heterocycles.